The van der Waals surface area contributed by atoms with Crippen molar-refractivity contribution in [1.82, 2.24) is 0 Å². The van der Waals surface area contributed by atoms with Crippen molar-refractivity contribution in [1.29, 1.82) is 0 Å². The minimum atomic E-state index is -0.216. The Morgan fingerprint density at radius 2 is 1.46 bits per heavy atom. The maximum atomic E-state index is 10.8. The Morgan fingerprint density at radius 3 is 1.96 bits per heavy atom. The summed E-state index contributed by atoms with van der Waals surface area (Å²) in [6.07, 6.45) is 9.29. The molecule has 0 aromatic heterocycles. The fraction of sp³-hybridized carbons (Fsp3) is 0.900. The predicted octanol–water partition coefficient (Wildman–Crippen LogP) is 5.35. The average Bonchev–Trinajstić information content (AvgIpc) is 2.64. The molecule has 26 heavy (non-hydrogen) atoms. The molecule has 0 aliphatic heterocycles. The van der Waals surface area contributed by atoms with Crippen LogP contribution in [0.5, 0.6) is 0 Å². The maximum absolute atomic E-state index is 10.8. The third-order valence-corrected chi connectivity index (χ3v) is 4.49. The first-order valence-corrected chi connectivity index (χ1v) is 11.2. The Morgan fingerprint density at radius 1 is 0.846 bits per heavy atom. The van der Waals surface area contributed by atoms with Crippen LogP contribution in [0.1, 0.15) is 79.1 Å². The summed E-state index contributed by atoms with van der Waals surface area (Å²) in [4.78, 5) is 21.5. The molecule has 6 heteroatoms. The zero-order valence-electron chi connectivity index (χ0n) is 17.2. The summed E-state index contributed by atoms with van der Waals surface area (Å²) in [5, 5.41) is 0. The Hall–Kier alpha value is -0.360. The normalized spacial score (nSPS) is 11.5. The Labute approximate surface area is 172 Å². The number of carbonyl (C=O) groups excluding carboxylic acids is 2. The van der Waals surface area contributed by atoms with Crippen LogP contribution < -0.4 is 0 Å². The number of hydrogen-bond donors (Lipinski definition) is 2. The second kappa shape index (κ2) is 20.9. The van der Waals surface area contributed by atoms with E-state index in [1.807, 2.05) is 0 Å². The van der Waals surface area contributed by atoms with Gasteiger partial charge in [0.15, 0.2) is 0 Å². The van der Waals surface area contributed by atoms with Gasteiger partial charge in [0.2, 0.25) is 0 Å². The molecule has 0 amide bonds. The van der Waals surface area contributed by atoms with Gasteiger partial charge in [-0.15, -0.1) is 0 Å². The molecule has 1 unspecified atom stereocenters. The van der Waals surface area contributed by atoms with Crippen molar-refractivity contribution in [2.75, 3.05) is 24.7 Å². The first-order chi connectivity index (χ1) is 12.4. The van der Waals surface area contributed by atoms with Crippen molar-refractivity contribution in [3.05, 3.63) is 0 Å². The van der Waals surface area contributed by atoms with Gasteiger partial charge >= 0.3 is 11.9 Å². The molecule has 0 spiro atoms. The number of hydrogen-bond acceptors (Lipinski definition) is 6. The highest BCUT2D eigenvalue weighted by Crippen LogP contribution is 2.12. The van der Waals surface area contributed by atoms with Crippen molar-refractivity contribution in [2.45, 2.75) is 79.1 Å². The molecule has 0 radical (unpaired) electrons. The van der Waals surface area contributed by atoms with Gasteiger partial charge in [0, 0.05) is 0 Å². The standard InChI is InChI=1S/2C10H20O2S/c1-9(2)6-4-3-5-7-12-10(11)8-13;1-3-5-6-9(4-2)7-12-10(11)8-13/h2*9,13H,3-8H2,1-2H3. The third kappa shape index (κ3) is 21.7. The fourth-order valence-corrected chi connectivity index (χ4v) is 2.40. The lowest BCUT2D eigenvalue weighted by Crippen LogP contribution is -2.14. The van der Waals surface area contributed by atoms with E-state index in [0.717, 1.165) is 31.6 Å². The van der Waals surface area contributed by atoms with Crippen LogP contribution >= 0.6 is 25.3 Å². The van der Waals surface area contributed by atoms with E-state index in [9.17, 15) is 9.59 Å². The van der Waals surface area contributed by atoms with Gasteiger partial charge in [0.1, 0.15) is 0 Å². The monoisotopic (exact) mass is 408 g/mol. The highest BCUT2D eigenvalue weighted by molar-refractivity contribution is 7.81. The van der Waals surface area contributed by atoms with E-state index >= 15 is 0 Å². The van der Waals surface area contributed by atoms with Crippen molar-refractivity contribution in [3.63, 3.8) is 0 Å². The molecule has 0 rings (SSSR count). The Balaban J connectivity index is 0. The zero-order chi connectivity index (χ0) is 20.2. The molecule has 0 aliphatic rings. The largest absolute Gasteiger partial charge is 0.465 e. The molecule has 1 atom stereocenters. The van der Waals surface area contributed by atoms with E-state index in [-0.39, 0.29) is 23.4 Å². The van der Waals surface area contributed by atoms with Crippen molar-refractivity contribution >= 4 is 37.2 Å². The molecule has 0 aliphatic carbocycles. The van der Waals surface area contributed by atoms with E-state index < -0.39 is 0 Å². The van der Waals surface area contributed by atoms with Gasteiger partial charge in [-0.05, 0) is 24.7 Å². The van der Waals surface area contributed by atoms with Crippen molar-refractivity contribution in [3.8, 4) is 0 Å². The van der Waals surface area contributed by atoms with Gasteiger partial charge in [-0.3, -0.25) is 9.59 Å². The Bertz CT molecular complexity index is 336. The van der Waals surface area contributed by atoms with Gasteiger partial charge in [-0.2, -0.15) is 25.3 Å². The van der Waals surface area contributed by atoms with E-state index in [0.29, 0.717) is 19.1 Å². The first-order valence-electron chi connectivity index (χ1n) is 9.94. The molecular weight excluding hydrogens is 368 g/mol. The topological polar surface area (TPSA) is 52.6 Å². The zero-order valence-corrected chi connectivity index (χ0v) is 19.0. The summed E-state index contributed by atoms with van der Waals surface area (Å²) in [6.45, 7) is 9.87. The summed E-state index contributed by atoms with van der Waals surface area (Å²) < 4.78 is 9.91. The van der Waals surface area contributed by atoms with Crippen LogP contribution in [0, 0.1) is 11.8 Å². The smallest absolute Gasteiger partial charge is 0.315 e. The van der Waals surface area contributed by atoms with Gasteiger partial charge < -0.3 is 9.47 Å². The first kappa shape index (κ1) is 27.9. The van der Waals surface area contributed by atoms with Crippen LogP contribution in [0.15, 0.2) is 0 Å². The van der Waals surface area contributed by atoms with E-state index in [4.69, 9.17) is 9.47 Å². The summed E-state index contributed by atoms with van der Waals surface area (Å²) in [5.74, 6) is 1.25. The molecule has 0 saturated heterocycles. The average molecular weight is 409 g/mol. The fourth-order valence-electron chi connectivity index (χ4n) is 2.22. The number of thiol groups is 2. The molecule has 156 valence electrons. The summed E-state index contributed by atoms with van der Waals surface area (Å²) in [7, 11) is 0. The number of ether oxygens (including phenoxy) is 2. The van der Waals surface area contributed by atoms with Gasteiger partial charge in [0.25, 0.3) is 0 Å². The van der Waals surface area contributed by atoms with Gasteiger partial charge in [-0.25, -0.2) is 0 Å². The lowest BCUT2D eigenvalue weighted by Gasteiger charge is -2.13. The quantitative estimate of drug-likeness (QED) is 0.231. The maximum Gasteiger partial charge on any atom is 0.315 e. The third-order valence-electron chi connectivity index (χ3n) is 3.97. The highest BCUT2D eigenvalue weighted by Gasteiger charge is 2.08. The molecule has 4 nitrogen and oxygen atoms in total. The summed E-state index contributed by atoms with van der Waals surface area (Å²) in [6, 6.07) is 0. The van der Waals surface area contributed by atoms with E-state index in [1.165, 1.54) is 25.7 Å². The van der Waals surface area contributed by atoms with E-state index in [1.54, 1.807) is 0 Å². The van der Waals surface area contributed by atoms with E-state index in [2.05, 4.69) is 53.0 Å². The molecule has 0 aromatic carbocycles. The highest BCUT2D eigenvalue weighted by atomic mass is 32.1. The summed E-state index contributed by atoms with van der Waals surface area (Å²) in [5.41, 5.74) is 0. The van der Waals surface area contributed by atoms with Crippen LogP contribution in [0.3, 0.4) is 0 Å². The number of carbonyl (C=O) groups is 2. The molecule has 0 fully saturated rings. The summed E-state index contributed by atoms with van der Waals surface area (Å²) >= 11 is 7.65. The molecule has 0 heterocycles. The molecule has 0 aromatic rings. The molecule has 0 N–H and O–H groups in total. The van der Waals surface area contributed by atoms with Crippen LogP contribution in [0.4, 0.5) is 0 Å². The van der Waals surface area contributed by atoms with Crippen molar-refractivity contribution < 1.29 is 19.1 Å². The molecule has 0 bridgehead atoms. The lowest BCUT2D eigenvalue weighted by atomic mass is 10.0. The molecule has 0 saturated carbocycles. The second-order valence-electron chi connectivity index (χ2n) is 6.88. The second-order valence-corrected chi connectivity index (χ2v) is 7.51. The minimum Gasteiger partial charge on any atom is -0.465 e. The number of unbranched alkanes of at least 4 members (excludes halogenated alkanes) is 3. The number of esters is 2. The number of rotatable bonds is 14. The van der Waals surface area contributed by atoms with Crippen LogP contribution in [0.2, 0.25) is 0 Å². The Kier molecular flexibility index (Phi) is 22.4. The lowest BCUT2D eigenvalue weighted by molar-refractivity contribution is -0.142. The SMILES string of the molecule is CC(C)CCCCCOC(=O)CS.CCCCC(CC)COC(=O)CS. The predicted molar refractivity (Wildman–Crippen MR) is 116 cm³/mol. The van der Waals surface area contributed by atoms with Crippen LogP contribution in [-0.2, 0) is 19.1 Å². The molecular formula is C20H40O4S2. The van der Waals surface area contributed by atoms with Crippen LogP contribution in [0.25, 0.3) is 0 Å². The van der Waals surface area contributed by atoms with Crippen LogP contribution in [-0.4, -0.2) is 36.7 Å². The van der Waals surface area contributed by atoms with Gasteiger partial charge in [0.05, 0.1) is 24.7 Å². The van der Waals surface area contributed by atoms with Gasteiger partial charge in [-0.1, -0.05) is 66.2 Å². The van der Waals surface area contributed by atoms with Crippen molar-refractivity contribution in [2.24, 2.45) is 11.8 Å². The minimum absolute atomic E-state index is 0.185.